The molecule has 0 amide bonds. The predicted octanol–water partition coefficient (Wildman–Crippen LogP) is 2.99. The van der Waals surface area contributed by atoms with Crippen molar-refractivity contribution in [2.75, 3.05) is 24.5 Å². The number of anilines is 1. The van der Waals surface area contributed by atoms with E-state index in [-0.39, 0.29) is 5.75 Å². The summed E-state index contributed by atoms with van der Waals surface area (Å²) in [6.07, 6.45) is 5.38. The average molecular weight is 416 g/mol. The number of phenols is 1. The highest BCUT2D eigenvalue weighted by Gasteiger charge is 2.23. The molecule has 1 saturated heterocycles. The number of nitrogens with one attached hydrogen (secondary N) is 1. The van der Waals surface area contributed by atoms with Crippen LogP contribution in [0.2, 0.25) is 0 Å². The highest BCUT2D eigenvalue weighted by molar-refractivity contribution is 5.82. The molecular formula is C23H25N7O. The van der Waals surface area contributed by atoms with E-state index in [1.54, 1.807) is 18.5 Å². The summed E-state index contributed by atoms with van der Waals surface area (Å²) in [5.74, 6) is 1.30. The van der Waals surface area contributed by atoms with Crippen molar-refractivity contribution in [1.29, 1.82) is 0 Å². The minimum Gasteiger partial charge on any atom is -0.507 e. The first-order chi connectivity index (χ1) is 15.1. The van der Waals surface area contributed by atoms with Gasteiger partial charge in [0.25, 0.3) is 0 Å². The van der Waals surface area contributed by atoms with Crippen molar-refractivity contribution in [3.8, 4) is 28.1 Å². The number of nitrogens with zero attached hydrogens (tertiary/aromatic N) is 6. The quantitative estimate of drug-likeness (QED) is 0.529. The van der Waals surface area contributed by atoms with Gasteiger partial charge in [0.1, 0.15) is 11.4 Å². The lowest BCUT2D eigenvalue weighted by Crippen LogP contribution is -2.53. The number of hydrogen-bond acceptors (Lipinski definition) is 7. The Morgan fingerprint density at radius 3 is 2.77 bits per heavy atom. The van der Waals surface area contributed by atoms with Gasteiger partial charge in [0.15, 0.2) is 0 Å². The van der Waals surface area contributed by atoms with Gasteiger partial charge in [-0.3, -0.25) is 0 Å². The van der Waals surface area contributed by atoms with Gasteiger partial charge in [-0.1, -0.05) is 26.0 Å². The van der Waals surface area contributed by atoms with Gasteiger partial charge in [0, 0.05) is 43.0 Å². The Morgan fingerprint density at radius 2 is 2.00 bits per heavy atom. The van der Waals surface area contributed by atoms with E-state index in [4.69, 9.17) is 0 Å². The van der Waals surface area contributed by atoms with E-state index in [1.165, 1.54) is 0 Å². The minimum absolute atomic E-state index is 0.138. The van der Waals surface area contributed by atoms with Gasteiger partial charge in [0.2, 0.25) is 5.95 Å². The van der Waals surface area contributed by atoms with E-state index in [9.17, 15) is 5.11 Å². The summed E-state index contributed by atoms with van der Waals surface area (Å²) in [6, 6.07) is 11.9. The zero-order chi connectivity index (χ0) is 21.4. The largest absolute Gasteiger partial charge is 0.507 e. The Hall–Kier alpha value is -3.52. The molecule has 1 aliphatic heterocycles. The molecule has 158 valence electrons. The molecule has 2 N–H and O–H groups in total. The van der Waals surface area contributed by atoms with Crippen LogP contribution in [0.5, 0.6) is 5.75 Å². The van der Waals surface area contributed by atoms with Gasteiger partial charge >= 0.3 is 0 Å². The molecule has 0 aliphatic carbocycles. The number of aromatic nitrogens is 5. The summed E-state index contributed by atoms with van der Waals surface area (Å²) in [5, 5.41) is 27.3. The monoisotopic (exact) mass is 415 g/mol. The molecule has 0 radical (unpaired) electrons. The second kappa shape index (κ2) is 7.96. The van der Waals surface area contributed by atoms with Gasteiger partial charge in [-0.05, 0) is 35.7 Å². The first-order valence-electron chi connectivity index (χ1n) is 10.5. The van der Waals surface area contributed by atoms with E-state index in [1.807, 2.05) is 41.0 Å². The Kier molecular flexibility index (Phi) is 4.99. The van der Waals surface area contributed by atoms with Crippen LogP contribution in [-0.4, -0.2) is 55.6 Å². The van der Waals surface area contributed by atoms with E-state index < -0.39 is 0 Å². The molecule has 4 heterocycles. The maximum atomic E-state index is 10.7. The topological polar surface area (TPSA) is 91.5 Å². The van der Waals surface area contributed by atoms with E-state index in [0.717, 1.165) is 36.3 Å². The number of aromatic hydroxyl groups is 1. The van der Waals surface area contributed by atoms with Gasteiger partial charge in [-0.15, -0.1) is 10.2 Å². The summed E-state index contributed by atoms with van der Waals surface area (Å²) in [7, 11) is 0. The molecule has 0 spiro atoms. The number of phenolic OH excluding ortho intramolecular Hbond substituents is 1. The fraction of sp³-hybridized carbons (Fsp3) is 0.304. The predicted molar refractivity (Wildman–Crippen MR) is 120 cm³/mol. The highest BCUT2D eigenvalue weighted by atomic mass is 16.3. The van der Waals surface area contributed by atoms with Gasteiger partial charge in [0.05, 0.1) is 17.9 Å². The van der Waals surface area contributed by atoms with Crippen molar-refractivity contribution in [1.82, 2.24) is 30.1 Å². The van der Waals surface area contributed by atoms with E-state index in [2.05, 4.69) is 44.3 Å². The van der Waals surface area contributed by atoms with Gasteiger partial charge in [-0.25, -0.2) is 9.50 Å². The fourth-order valence-electron chi connectivity index (χ4n) is 4.02. The molecule has 8 heteroatoms. The molecule has 3 aromatic heterocycles. The van der Waals surface area contributed by atoms with Crippen LogP contribution >= 0.6 is 0 Å². The summed E-state index contributed by atoms with van der Waals surface area (Å²) in [6.45, 7) is 7.04. The molecule has 0 unspecified atom stereocenters. The summed E-state index contributed by atoms with van der Waals surface area (Å²) < 4.78 is 1.81. The molecule has 0 saturated carbocycles. The summed E-state index contributed by atoms with van der Waals surface area (Å²) in [5.41, 5.74) is 3.98. The van der Waals surface area contributed by atoms with Crippen molar-refractivity contribution in [3.05, 3.63) is 55.0 Å². The van der Waals surface area contributed by atoms with Crippen LogP contribution in [0, 0.1) is 5.92 Å². The molecule has 1 aromatic carbocycles. The minimum atomic E-state index is 0.138. The van der Waals surface area contributed by atoms with Crippen molar-refractivity contribution < 1.29 is 5.11 Å². The number of hydrogen-bond donors (Lipinski definition) is 2. The number of piperazine rings is 1. The van der Waals surface area contributed by atoms with Crippen LogP contribution in [0.15, 0.2) is 55.0 Å². The number of rotatable bonds is 4. The third-order valence-corrected chi connectivity index (χ3v) is 5.85. The van der Waals surface area contributed by atoms with Crippen molar-refractivity contribution in [3.63, 3.8) is 0 Å². The number of pyridine rings is 1. The lowest BCUT2D eigenvalue weighted by Gasteiger charge is -2.35. The van der Waals surface area contributed by atoms with Gasteiger partial charge < -0.3 is 15.3 Å². The van der Waals surface area contributed by atoms with Crippen LogP contribution in [0.3, 0.4) is 0 Å². The van der Waals surface area contributed by atoms with Crippen LogP contribution < -0.4 is 10.2 Å². The second-order valence-corrected chi connectivity index (χ2v) is 8.21. The average Bonchev–Trinajstić information content (AvgIpc) is 3.23. The molecule has 1 atom stereocenters. The smallest absolute Gasteiger partial charge is 0.245 e. The van der Waals surface area contributed by atoms with Crippen LogP contribution in [0.25, 0.3) is 27.9 Å². The Morgan fingerprint density at radius 1 is 1.10 bits per heavy atom. The highest BCUT2D eigenvalue weighted by Crippen LogP contribution is 2.33. The van der Waals surface area contributed by atoms with Crippen molar-refractivity contribution in [2.45, 2.75) is 19.9 Å². The molecule has 1 aliphatic rings. The van der Waals surface area contributed by atoms with E-state index in [0.29, 0.717) is 29.2 Å². The molecular weight excluding hydrogens is 390 g/mol. The first-order valence-corrected chi connectivity index (χ1v) is 10.5. The Bertz CT molecular complexity index is 1200. The third kappa shape index (κ3) is 3.70. The number of fused-ring (bicyclic) bond motifs is 1. The Balaban J connectivity index is 1.39. The SMILES string of the molecule is CC(C)[C@H]1CN(c2ncc(-c3ccc(-c4cnn5ccccc45)cc3O)nn2)CCN1. The third-order valence-electron chi connectivity index (χ3n) is 5.85. The summed E-state index contributed by atoms with van der Waals surface area (Å²) >= 11 is 0. The molecule has 31 heavy (non-hydrogen) atoms. The summed E-state index contributed by atoms with van der Waals surface area (Å²) in [4.78, 5) is 6.69. The zero-order valence-electron chi connectivity index (χ0n) is 17.6. The lowest BCUT2D eigenvalue weighted by atomic mass is 10.0. The maximum Gasteiger partial charge on any atom is 0.245 e. The van der Waals surface area contributed by atoms with Crippen molar-refractivity contribution in [2.24, 2.45) is 5.92 Å². The van der Waals surface area contributed by atoms with Crippen LogP contribution in [0.4, 0.5) is 5.95 Å². The molecule has 1 fully saturated rings. The second-order valence-electron chi connectivity index (χ2n) is 8.21. The Labute approximate surface area is 180 Å². The van der Waals surface area contributed by atoms with Crippen molar-refractivity contribution >= 4 is 11.5 Å². The molecule has 8 nitrogen and oxygen atoms in total. The normalized spacial score (nSPS) is 16.9. The molecule has 5 rings (SSSR count). The van der Waals surface area contributed by atoms with Crippen LogP contribution in [-0.2, 0) is 0 Å². The molecule has 4 aromatic rings. The lowest BCUT2D eigenvalue weighted by molar-refractivity contribution is 0.365. The molecule has 0 bridgehead atoms. The fourth-order valence-corrected chi connectivity index (χ4v) is 4.02. The van der Waals surface area contributed by atoms with E-state index >= 15 is 0 Å². The standard InChI is InChI=1S/C23H25N7O/c1-15(2)20-14-29(10-8-24-20)23-25-13-19(27-28-23)17-7-6-16(11-22(17)31)18-12-26-30-9-4-3-5-21(18)30/h3-7,9,11-13,15,20,24,31H,8,10,14H2,1-2H3/t20-/m1/s1. The first kappa shape index (κ1) is 19.4. The van der Waals surface area contributed by atoms with Crippen LogP contribution in [0.1, 0.15) is 13.8 Å². The maximum absolute atomic E-state index is 10.7. The number of benzene rings is 1. The van der Waals surface area contributed by atoms with Gasteiger partial charge in [-0.2, -0.15) is 5.10 Å². The zero-order valence-corrected chi connectivity index (χ0v) is 17.6.